The molecule has 0 aromatic carbocycles. The molecular formula is C12H21NO2S. The van der Waals surface area contributed by atoms with Gasteiger partial charge in [-0.15, -0.1) is 0 Å². The number of nitrogens with one attached hydrogen (secondary N) is 1. The maximum absolute atomic E-state index is 11.8. The van der Waals surface area contributed by atoms with E-state index in [0.29, 0.717) is 13.0 Å². The van der Waals surface area contributed by atoms with Gasteiger partial charge in [0.05, 0.1) is 5.60 Å². The molecule has 3 nitrogen and oxygen atoms in total. The molecule has 1 aliphatic carbocycles. The fourth-order valence-electron chi connectivity index (χ4n) is 2.23. The number of carbonyl (C=O) groups is 1. The van der Waals surface area contributed by atoms with Gasteiger partial charge in [-0.2, -0.15) is 12.6 Å². The zero-order chi connectivity index (χ0) is 11.6. The zero-order valence-corrected chi connectivity index (χ0v) is 10.8. The van der Waals surface area contributed by atoms with E-state index in [-0.39, 0.29) is 16.9 Å². The van der Waals surface area contributed by atoms with Crippen LogP contribution in [0, 0.1) is 5.41 Å². The Balaban J connectivity index is 1.71. The number of amides is 1. The van der Waals surface area contributed by atoms with Crippen LogP contribution in [0.4, 0.5) is 0 Å². The van der Waals surface area contributed by atoms with Crippen molar-refractivity contribution in [2.45, 2.75) is 44.6 Å². The lowest BCUT2D eigenvalue weighted by Crippen LogP contribution is -2.40. The molecule has 0 aromatic rings. The molecule has 1 saturated carbocycles. The van der Waals surface area contributed by atoms with E-state index >= 15 is 0 Å². The Hall–Kier alpha value is -0.220. The van der Waals surface area contributed by atoms with Crippen molar-refractivity contribution in [1.82, 2.24) is 5.32 Å². The summed E-state index contributed by atoms with van der Waals surface area (Å²) in [5.74, 6) is 0.983. The molecule has 0 bridgehead atoms. The van der Waals surface area contributed by atoms with Gasteiger partial charge in [-0.1, -0.05) is 0 Å². The Labute approximate surface area is 103 Å². The number of ether oxygens (including phenoxy) is 1. The largest absolute Gasteiger partial charge is 0.373 e. The highest BCUT2D eigenvalue weighted by Gasteiger charge is 2.43. The highest BCUT2D eigenvalue weighted by atomic mass is 32.1. The smallest absolute Gasteiger partial charge is 0.220 e. The Morgan fingerprint density at radius 2 is 2.19 bits per heavy atom. The minimum Gasteiger partial charge on any atom is -0.373 e. The van der Waals surface area contributed by atoms with Gasteiger partial charge >= 0.3 is 0 Å². The zero-order valence-electron chi connectivity index (χ0n) is 9.92. The molecule has 1 amide bonds. The molecule has 4 heteroatoms. The topological polar surface area (TPSA) is 38.3 Å². The van der Waals surface area contributed by atoms with Gasteiger partial charge in [0.15, 0.2) is 0 Å². The maximum atomic E-state index is 11.8. The molecule has 1 N–H and O–H groups in total. The lowest BCUT2D eigenvalue weighted by molar-refractivity contribution is -0.123. The van der Waals surface area contributed by atoms with Crippen molar-refractivity contribution in [3.8, 4) is 0 Å². The van der Waals surface area contributed by atoms with Crippen LogP contribution in [-0.4, -0.2) is 30.4 Å². The highest BCUT2D eigenvalue weighted by Crippen LogP contribution is 2.49. The predicted octanol–water partition coefficient (Wildman–Crippen LogP) is 1.77. The Morgan fingerprint density at radius 1 is 1.44 bits per heavy atom. The van der Waals surface area contributed by atoms with Gasteiger partial charge in [-0.3, -0.25) is 4.79 Å². The van der Waals surface area contributed by atoms with Crippen molar-refractivity contribution < 1.29 is 9.53 Å². The van der Waals surface area contributed by atoms with E-state index in [1.165, 1.54) is 0 Å². The summed E-state index contributed by atoms with van der Waals surface area (Å²) in [6.07, 6.45) is 5.08. The van der Waals surface area contributed by atoms with Gasteiger partial charge in [-0.05, 0) is 43.8 Å². The van der Waals surface area contributed by atoms with Crippen LogP contribution in [0.3, 0.4) is 0 Å². The molecule has 1 aliphatic heterocycles. The quantitative estimate of drug-likeness (QED) is 0.722. The molecule has 0 spiro atoms. The summed E-state index contributed by atoms with van der Waals surface area (Å²) in [7, 11) is 0. The molecular weight excluding hydrogens is 222 g/mol. The van der Waals surface area contributed by atoms with Crippen molar-refractivity contribution in [2.24, 2.45) is 5.41 Å². The first-order valence-electron chi connectivity index (χ1n) is 6.09. The molecule has 1 heterocycles. The Bertz CT molecular complexity index is 270. The molecule has 2 aliphatic rings. The summed E-state index contributed by atoms with van der Waals surface area (Å²) in [5.41, 5.74) is 0.0813. The van der Waals surface area contributed by atoms with Gasteiger partial charge in [0.2, 0.25) is 5.91 Å². The highest BCUT2D eigenvalue weighted by molar-refractivity contribution is 7.80. The number of hydrogen-bond donors (Lipinski definition) is 2. The molecule has 0 radical (unpaired) electrons. The van der Waals surface area contributed by atoms with Crippen molar-refractivity contribution in [1.29, 1.82) is 0 Å². The number of carbonyl (C=O) groups excluding carboxylic acids is 1. The monoisotopic (exact) mass is 243 g/mol. The Morgan fingerprint density at radius 3 is 2.69 bits per heavy atom. The van der Waals surface area contributed by atoms with Crippen molar-refractivity contribution in [3.05, 3.63) is 0 Å². The van der Waals surface area contributed by atoms with E-state index in [1.54, 1.807) is 0 Å². The first-order chi connectivity index (χ1) is 7.58. The third-order valence-electron chi connectivity index (χ3n) is 3.79. The second-order valence-electron chi connectivity index (χ2n) is 5.51. The summed E-state index contributed by atoms with van der Waals surface area (Å²) < 4.78 is 5.63. The predicted molar refractivity (Wildman–Crippen MR) is 66.7 cm³/mol. The molecule has 1 saturated heterocycles. The molecule has 2 rings (SSSR count). The number of thiol groups is 1. The summed E-state index contributed by atoms with van der Waals surface area (Å²) in [4.78, 5) is 11.8. The van der Waals surface area contributed by atoms with Crippen LogP contribution in [0.5, 0.6) is 0 Å². The average molecular weight is 243 g/mol. The summed E-state index contributed by atoms with van der Waals surface area (Å²) in [6.45, 7) is 3.55. The SMILES string of the molecule is CC1(CNC(=O)CC2(CS)CC2)CCCO1. The van der Waals surface area contributed by atoms with E-state index in [2.05, 4.69) is 24.9 Å². The number of rotatable bonds is 5. The molecule has 92 valence electrons. The second-order valence-corrected chi connectivity index (χ2v) is 5.83. The Kier molecular flexibility index (Phi) is 3.50. The van der Waals surface area contributed by atoms with Crippen molar-refractivity contribution >= 4 is 18.5 Å². The molecule has 1 unspecified atom stereocenters. The van der Waals surface area contributed by atoms with Gasteiger partial charge in [0.1, 0.15) is 0 Å². The van der Waals surface area contributed by atoms with Crippen LogP contribution in [-0.2, 0) is 9.53 Å². The first-order valence-corrected chi connectivity index (χ1v) is 6.72. The second kappa shape index (κ2) is 4.57. The van der Waals surface area contributed by atoms with E-state index in [4.69, 9.17) is 4.74 Å². The van der Waals surface area contributed by atoms with Crippen LogP contribution in [0.25, 0.3) is 0 Å². The maximum Gasteiger partial charge on any atom is 0.220 e. The average Bonchev–Trinajstić information content (AvgIpc) is 2.90. The van der Waals surface area contributed by atoms with Gasteiger partial charge in [0.25, 0.3) is 0 Å². The number of hydrogen-bond acceptors (Lipinski definition) is 3. The minimum atomic E-state index is -0.132. The fraction of sp³-hybridized carbons (Fsp3) is 0.917. The van der Waals surface area contributed by atoms with Gasteiger partial charge in [-0.25, -0.2) is 0 Å². The van der Waals surface area contributed by atoms with Crippen molar-refractivity contribution in [2.75, 3.05) is 18.9 Å². The van der Waals surface area contributed by atoms with Gasteiger partial charge in [0, 0.05) is 19.6 Å². The first kappa shape index (κ1) is 12.2. The van der Waals surface area contributed by atoms with E-state index in [0.717, 1.165) is 38.0 Å². The lowest BCUT2D eigenvalue weighted by Gasteiger charge is -2.24. The summed E-state index contributed by atoms with van der Waals surface area (Å²) in [5, 5.41) is 3.00. The molecule has 16 heavy (non-hydrogen) atoms. The van der Waals surface area contributed by atoms with Gasteiger partial charge < -0.3 is 10.1 Å². The van der Waals surface area contributed by atoms with Crippen LogP contribution >= 0.6 is 12.6 Å². The standard InChI is InChI=1S/C12H21NO2S/c1-11(3-2-6-15-11)8-13-10(14)7-12(9-16)4-5-12/h16H,2-9H2,1H3,(H,13,14). The summed E-state index contributed by atoms with van der Waals surface area (Å²) in [6, 6.07) is 0. The van der Waals surface area contributed by atoms with E-state index in [1.807, 2.05) is 0 Å². The van der Waals surface area contributed by atoms with E-state index in [9.17, 15) is 4.79 Å². The normalized spacial score (nSPS) is 31.4. The van der Waals surface area contributed by atoms with Crippen LogP contribution < -0.4 is 5.32 Å². The molecule has 0 aromatic heterocycles. The van der Waals surface area contributed by atoms with Crippen LogP contribution in [0.1, 0.15) is 39.0 Å². The minimum absolute atomic E-state index is 0.132. The third kappa shape index (κ3) is 2.92. The molecule has 1 atom stereocenters. The van der Waals surface area contributed by atoms with E-state index < -0.39 is 0 Å². The lowest BCUT2D eigenvalue weighted by atomic mass is 10.0. The summed E-state index contributed by atoms with van der Waals surface area (Å²) >= 11 is 4.31. The third-order valence-corrected chi connectivity index (χ3v) is 4.46. The molecule has 2 fully saturated rings. The fourth-order valence-corrected chi connectivity index (χ4v) is 2.66. The van der Waals surface area contributed by atoms with Crippen LogP contribution in [0.2, 0.25) is 0 Å². The van der Waals surface area contributed by atoms with Crippen molar-refractivity contribution in [3.63, 3.8) is 0 Å². The van der Waals surface area contributed by atoms with Crippen LogP contribution in [0.15, 0.2) is 0 Å².